The van der Waals surface area contributed by atoms with Gasteiger partial charge in [0.25, 0.3) is 0 Å². The summed E-state index contributed by atoms with van der Waals surface area (Å²) in [5.41, 5.74) is 10.8. The Kier molecular flexibility index (Phi) is 5.53. The summed E-state index contributed by atoms with van der Waals surface area (Å²) in [5, 5.41) is 13.5. The van der Waals surface area contributed by atoms with Crippen molar-refractivity contribution in [3.63, 3.8) is 0 Å². The average Bonchev–Trinajstić information content (AvgIpc) is 3.14. The van der Waals surface area contributed by atoms with Gasteiger partial charge in [-0.1, -0.05) is 18.9 Å². The zero-order chi connectivity index (χ0) is 19.4. The third-order valence-corrected chi connectivity index (χ3v) is 5.43. The van der Waals surface area contributed by atoms with Crippen LogP contribution in [0.3, 0.4) is 0 Å². The number of ether oxygens (including phenoxy) is 1. The van der Waals surface area contributed by atoms with Crippen LogP contribution in [0.2, 0.25) is 0 Å². The minimum atomic E-state index is -1.29. The summed E-state index contributed by atoms with van der Waals surface area (Å²) in [6.07, 6.45) is 5.17. The van der Waals surface area contributed by atoms with Gasteiger partial charge < -0.3 is 26.8 Å². The fraction of sp³-hybridized carbons (Fsp3) is 0.526. The second kappa shape index (κ2) is 7.85. The Morgan fingerprint density at radius 1 is 1.33 bits per heavy atom. The number of nitrogen functional groups attached to an aromatic ring is 2. The Labute approximate surface area is 158 Å². The van der Waals surface area contributed by atoms with Gasteiger partial charge in [-0.15, -0.1) is 0 Å². The van der Waals surface area contributed by atoms with Gasteiger partial charge in [0.05, 0.1) is 5.56 Å². The molecule has 0 aromatic heterocycles. The summed E-state index contributed by atoms with van der Waals surface area (Å²) >= 11 is 0. The molecule has 1 saturated heterocycles. The van der Waals surface area contributed by atoms with Gasteiger partial charge in [-0.3, -0.25) is 15.0 Å². The van der Waals surface area contributed by atoms with Gasteiger partial charge in [0.2, 0.25) is 11.8 Å². The van der Waals surface area contributed by atoms with E-state index in [0.29, 0.717) is 30.8 Å². The van der Waals surface area contributed by atoms with Gasteiger partial charge in [-0.2, -0.15) is 0 Å². The lowest BCUT2D eigenvalue weighted by Crippen LogP contribution is -2.58. The Balaban J connectivity index is 1.82. The molecule has 1 unspecified atom stereocenters. The van der Waals surface area contributed by atoms with Crippen LogP contribution in [0.25, 0.3) is 0 Å². The van der Waals surface area contributed by atoms with Gasteiger partial charge >= 0.3 is 0 Å². The van der Waals surface area contributed by atoms with E-state index in [0.717, 1.165) is 25.7 Å². The molecule has 1 heterocycles. The van der Waals surface area contributed by atoms with E-state index in [2.05, 4.69) is 10.6 Å². The molecule has 3 rings (SSSR count). The summed E-state index contributed by atoms with van der Waals surface area (Å²) in [4.78, 5) is 25.7. The number of hydrogen-bond donors (Lipinski definition) is 5. The highest BCUT2D eigenvalue weighted by Crippen LogP contribution is 2.32. The normalized spacial score (nSPS) is 22.9. The molecule has 0 spiro atoms. The zero-order valence-corrected chi connectivity index (χ0v) is 15.3. The van der Waals surface area contributed by atoms with Crippen molar-refractivity contribution in [3.05, 3.63) is 23.8 Å². The number of amidine groups is 1. The van der Waals surface area contributed by atoms with E-state index >= 15 is 0 Å². The zero-order valence-electron chi connectivity index (χ0n) is 15.3. The molecule has 1 aromatic rings. The van der Waals surface area contributed by atoms with E-state index in [9.17, 15) is 9.59 Å². The molecule has 8 nitrogen and oxygen atoms in total. The summed E-state index contributed by atoms with van der Waals surface area (Å²) in [7, 11) is 0. The van der Waals surface area contributed by atoms with Crippen molar-refractivity contribution < 1.29 is 14.3 Å². The van der Waals surface area contributed by atoms with E-state index in [1.54, 1.807) is 18.2 Å². The highest BCUT2D eigenvalue weighted by atomic mass is 16.5. The number of anilines is 1. The summed E-state index contributed by atoms with van der Waals surface area (Å²) in [6.45, 7) is 0.426. The Morgan fingerprint density at radius 3 is 2.74 bits per heavy atom. The van der Waals surface area contributed by atoms with E-state index in [1.165, 1.54) is 0 Å². The van der Waals surface area contributed by atoms with E-state index < -0.39 is 5.41 Å². The van der Waals surface area contributed by atoms with Gasteiger partial charge in [-0.05, 0) is 37.8 Å². The fourth-order valence-electron chi connectivity index (χ4n) is 3.85. The molecule has 1 aliphatic carbocycles. The van der Waals surface area contributed by atoms with Crippen molar-refractivity contribution in [1.29, 1.82) is 5.41 Å². The Bertz CT molecular complexity index is 745. The standard InChI is InChI=1S/C19H27N5O3/c20-13-7-3-8-14(15(13)16(21)22)27-11-19(9-4-10-23-17(19)25)18(26)24-12-5-1-2-6-12/h3,7-8,12H,1-2,4-6,9-11,20H2,(H3,21,22)(H,23,25)(H,24,26). The molecule has 8 heteroatoms. The minimum Gasteiger partial charge on any atom is -0.491 e. The van der Waals surface area contributed by atoms with Gasteiger partial charge in [-0.25, -0.2) is 0 Å². The summed E-state index contributed by atoms with van der Waals surface area (Å²) in [6, 6.07) is 5.06. The van der Waals surface area contributed by atoms with Crippen LogP contribution in [-0.4, -0.2) is 36.8 Å². The number of amides is 2. The van der Waals surface area contributed by atoms with Crippen molar-refractivity contribution >= 4 is 23.3 Å². The third kappa shape index (κ3) is 3.84. The predicted octanol–water partition coefficient (Wildman–Crippen LogP) is 0.887. The maximum absolute atomic E-state index is 13.0. The Morgan fingerprint density at radius 2 is 2.07 bits per heavy atom. The van der Waals surface area contributed by atoms with Crippen LogP contribution in [0.5, 0.6) is 5.75 Å². The first kappa shape index (κ1) is 19.0. The molecule has 7 N–H and O–H groups in total. The molecule has 2 amide bonds. The van der Waals surface area contributed by atoms with Crippen LogP contribution in [0.4, 0.5) is 5.69 Å². The summed E-state index contributed by atoms with van der Waals surface area (Å²) in [5.74, 6) is -0.535. The highest BCUT2D eigenvalue weighted by Gasteiger charge is 2.49. The molecule has 27 heavy (non-hydrogen) atoms. The van der Waals surface area contributed by atoms with Crippen LogP contribution >= 0.6 is 0 Å². The lowest BCUT2D eigenvalue weighted by Gasteiger charge is -2.35. The van der Waals surface area contributed by atoms with Crippen LogP contribution in [-0.2, 0) is 9.59 Å². The van der Waals surface area contributed by atoms with E-state index in [-0.39, 0.29) is 35.9 Å². The lowest BCUT2D eigenvalue weighted by atomic mass is 9.79. The number of nitrogens with two attached hydrogens (primary N) is 2. The smallest absolute Gasteiger partial charge is 0.239 e. The highest BCUT2D eigenvalue weighted by molar-refractivity contribution is 6.06. The van der Waals surface area contributed by atoms with E-state index in [4.69, 9.17) is 21.6 Å². The first-order valence-corrected chi connectivity index (χ1v) is 9.39. The third-order valence-electron chi connectivity index (χ3n) is 5.43. The quantitative estimate of drug-likeness (QED) is 0.218. The molecule has 146 valence electrons. The molecule has 2 fully saturated rings. The molecular weight excluding hydrogens is 346 g/mol. The number of rotatable bonds is 6. The molecular formula is C19H27N5O3. The molecule has 1 aromatic carbocycles. The number of piperidine rings is 1. The molecule has 1 aliphatic heterocycles. The number of hydrogen-bond acceptors (Lipinski definition) is 5. The maximum atomic E-state index is 13.0. The van der Waals surface area contributed by atoms with E-state index in [1.807, 2.05) is 0 Å². The molecule has 1 saturated carbocycles. The van der Waals surface area contributed by atoms with Crippen molar-refractivity contribution in [2.75, 3.05) is 18.9 Å². The number of nitrogens with one attached hydrogen (secondary N) is 3. The number of benzene rings is 1. The van der Waals surface area contributed by atoms with Crippen molar-refractivity contribution in [2.24, 2.45) is 11.1 Å². The second-order valence-corrected chi connectivity index (χ2v) is 7.32. The topological polar surface area (TPSA) is 143 Å². The monoisotopic (exact) mass is 373 g/mol. The fourth-order valence-corrected chi connectivity index (χ4v) is 3.85. The summed E-state index contributed by atoms with van der Waals surface area (Å²) < 4.78 is 5.86. The molecule has 0 bridgehead atoms. The van der Waals surface area contributed by atoms with Crippen LogP contribution < -0.4 is 26.8 Å². The minimum absolute atomic E-state index is 0.115. The Hall–Kier alpha value is -2.77. The van der Waals surface area contributed by atoms with Gasteiger partial charge in [0.15, 0.2) is 5.41 Å². The molecule has 2 aliphatic rings. The van der Waals surface area contributed by atoms with Gasteiger partial charge in [0, 0.05) is 18.3 Å². The van der Waals surface area contributed by atoms with Crippen LogP contribution in [0.15, 0.2) is 18.2 Å². The van der Waals surface area contributed by atoms with Crippen LogP contribution in [0, 0.1) is 10.8 Å². The van der Waals surface area contributed by atoms with Crippen molar-refractivity contribution in [1.82, 2.24) is 10.6 Å². The maximum Gasteiger partial charge on any atom is 0.239 e. The van der Waals surface area contributed by atoms with Crippen molar-refractivity contribution in [2.45, 2.75) is 44.6 Å². The lowest BCUT2D eigenvalue weighted by molar-refractivity contribution is -0.148. The average molecular weight is 373 g/mol. The predicted molar refractivity (Wildman–Crippen MR) is 102 cm³/mol. The van der Waals surface area contributed by atoms with Crippen molar-refractivity contribution in [3.8, 4) is 5.75 Å². The molecule has 0 radical (unpaired) electrons. The SMILES string of the molecule is N=C(N)c1c(N)cccc1OCC1(C(=O)NC2CCCC2)CCCNC1=O. The largest absolute Gasteiger partial charge is 0.491 e. The van der Waals surface area contributed by atoms with Gasteiger partial charge in [0.1, 0.15) is 18.2 Å². The number of carbonyl (C=O) groups excluding carboxylic acids is 2. The molecule has 1 atom stereocenters. The van der Waals surface area contributed by atoms with Crippen LogP contribution in [0.1, 0.15) is 44.1 Å². The first-order valence-electron chi connectivity index (χ1n) is 9.39. The first-order chi connectivity index (χ1) is 12.9. The second-order valence-electron chi connectivity index (χ2n) is 7.32. The number of carbonyl (C=O) groups is 2.